The highest BCUT2D eigenvalue weighted by Crippen LogP contribution is 2.49. The molecule has 2 aliphatic heterocycles. The van der Waals surface area contributed by atoms with Gasteiger partial charge in [0.05, 0.1) is 17.7 Å². The lowest BCUT2D eigenvalue weighted by Crippen LogP contribution is -2.56. The van der Waals surface area contributed by atoms with Crippen LogP contribution in [0.15, 0.2) is 30.3 Å². The fourth-order valence-electron chi connectivity index (χ4n) is 6.75. The molecular weight excluding hydrogens is 444 g/mol. The van der Waals surface area contributed by atoms with Gasteiger partial charge < -0.3 is 24.9 Å². The summed E-state index contributed by atoms with van der Waals surface area (Å²) in [5.41, 5.74) is 1.03. The number of rotatable bonds is 6. The number of amides is 3. The Balaban J connectivity index is 1.35. The average Bonchev–Trinajstić information content (AvgIpc) is 3.28. The summed E-state index contributed by atoms with van der Waals surface area (Å²) in [6, 6.07) is 10.7. The van der Waals surface area contributed by atoms with Crippen LogP contribution in [0.1, 0.15) is 50.5 Å². The van der Waals surface area contributed by atoms with Crippen molar-refractivity contribution in [2.24, 2.45) is 5.92 Å². The normalized spacial score (nSPS) is 33.7. The highest BCUT2D eigenvalue weighted by molar-refractivity contribution is 5.86. The van der Waals surface area contributed by atoms with Gasteiger partial charge in [0.25, 0.3) is 0 Å². The van der Waals surface area contributed by atoms with Crippen LogP contribution >= 0.6 is 0 Å². The molecule has 1 spiro atoms. The molecule has 4 fully saturated rings. The lowest BCUT2D eigenvalue weighted by Gasteiger charge is -2.51. The number of aliphatic hydroxyl groups is 2. The van der Waals surface area contributed by atoms with E-state index >= 15 is 0 Å². The van der Waals surface area contributed by atoms with Crippen LogP contribution in [0.2, 0.25) is 0 Å². The van der Waals surface area contributed by atoms with Crippen molar-refractivity contribution in [1.82, 2.24) is 19.6 Å². The summed E-state index contributed by atoms with van der Waals surface area (Å²) in [5.74, 6) is 0.363. The van der Waals surface area contributed by atoms with Crippen molar-refractivity contribution < 1.29 is 19.8 Å². The minimum Gasteiger partial charge on any atom is -0.388 e. The molecule has 1 aromatic carbocycles. The first-order valence-electron chi connectivity index (χ1n) is 13.2. The van der Waals surface area contributed by atoms with Crippen LogP contribution in [0.4, 0.5) is 4.79 Å². The van der Waals surface area contributed by atoms with E-state index < -0.39 is 12.2 Å². The molecule has 2 N–H and O–H groups in total. The van der Waals surface area contributed by atoms with Gasteiger partial charge in [0, 0.05) is 31.7 Å². The Morgan fingerprint density at radius 1 is 1.03 bits per heavy atom. The third kappa shape index (κ3) is 4.34. The summed E-state index contributed by atoms with van der Waals surface area (Å²) in [6.45, 7) is 1.62. The molecule has 1 aromatic rings. The highest BCUT2D eigenvalue weighted by atomic mass is 16.3. The molecule has 0 aromatic heterocycles. The molecule has 0 radical (unpaired) electrons. The van der Waals surface area contributed by atoms with Crippen LogP contribution in [0, 0.1) is 5.92 Å². The van der Waals surface area contributed by atoms with E-state index in [1.807, 2.05) is 0 Å². The van der Waals surface area contributed by atoms with Crippen LogP contribution in [-0.4, -0.2) is 106 Å². The zero-order valence-corrected chi connectivity index (χ0v) is 21.1. The van der Waals surface area contributed by atoms with Crippen LogP contribution in [0.3, 0.4) is 0 Å². The molecular formula is C27H40N4O4. The number of hydrogen-bond donors (Lipinski definition) is 2. The van der Waals surface area contributed by atoms with E-state index in [0.717, 1.165) is 32.2 Å². The smallest absolute Gasteiger partial charge is 0.321 e. The predicted molar refractivity (Wildman–Crippen MR) is 133 cm³/mol. The van der Waals surface area contributed by atoms with Gasteiger partial charge in [-0.2, -0.15) is 0 Å². The largest absolute Gasteiger partial charge is 0.388 e. The number of urea groups is 1. The van der Waals surface area contributed by atoms with Crippen LogP contribution < -0.4 is 0 Å². The minimum absolute atomic E-state index is 0.0126. The van der Waals surface area contributed by atoms with Gasteiger partial charge in [-0.05, 0) is 64.1 Å². The molecule has 2 saturated carbocycles. The molecule has 2 saturated heterocycles. The Bertz CT molecular complexity index is 916. The summed E-state index contributed by atoms with van der Waals surface area (Å²) in [7, 11) is 4.31. The SMILES string of the molecule is CN(C)[C@]1(c2ccccc2)CC[C@]2(CC1)CN(CC(=O)N1C[C@H](O)[C@@H](O)C1)C(=O)N2CC1CCC1. The van der Waals surface area contributed by atoms with Gasteiger partial charge in [0.1, 0.15) is 6.54 Å². The maximum absolute atomic E-state index is 13.7. The van der Waals surface area contributed by atoms with Gasteiger partial charge in [-0.25, -0.2) is 4.79 Å². The summed E-state index contributed by atoms with van der Waals surface area (Å²) < 4.78 is 0. The van der Waals surface area contributed by atoms with Gasteiger partial charge in [-0.1, -0.05) is 36.8 Å². The summed E-state index contributed by atoms with van der Waals surface area (Å²) in [6.07, 6.45) is 5.50. The van der Waals surface area contributed by atoms with E-state index in [4.69, 9.17) is 0 Å². The highest BCUT2D eigenvalue weighted by Gasteiger charge is 2.55. The van der Waals surface area contributed by atoms with Crippen molar-refractivity contribution in [2.45, 2.75) is 68.2 Å². The molecule has 8 heteroatoms. The Labute approximate surface area is 208 Å². The molecule has 0 unspecified atom stereocenters. The Morgan fingerprint density at radius 2 is 1.66 bits per heavy atom. The van der Waals surface area contributed by atoms with Crippen molar-refractivity contribution in [1.29, 1.82) is 0 Å². The first-order chi connectivity index (χ1) is 16.7. The molecule has 2 heterocycles. The Hall–Kier alpha value is -2.16. The van der Waals surface area contributed by atoms with Gasteiger partial charge in [-0.15, -0.1) is 0 Å². The molecule has 2 aliphatic carbocycles. The van der Waals surface area contributed by atoms with Crippen molar-refractivity contribution in [3.05, 3.63) is 35.9 Å². The Kier molecular flexibility index (Phi) is 6.57. The average molecular weight is 485 g/mol. The van der Waals surface area contributed by atoms with E-state index in [-0.39, 0.29) is 42.7 Å². The van der Waals surface area contributed by atoms with Crippen molar-refractivity contribution in [3.8, 4) is 0 Å². The zero-order valence-electron chi connectivity index (χ0n) is 21.1. The molecule has 2 atom stereocenters. The third-order valence-electron chi connectivity index (χ3n) is 9.34. The number of benzene rings is 1. The number of carbonyl (C=O) groups is 2. The van der Waals surface area contributed by atoms with Gasteiger partial charge in [-0.3, -0.25) is 9.69 Å². The van der Waals surface area contributed by atoms with Gasteiger partial charge in [0.15, 0.2) is 0 Å². The third-order valence-corrected chi connectivity index (χ3v) is 9.34. The molecule has 0 bridgehead atoms. The van der Waals surface area contributed by atoms with Gasteiger partial charge in [0.2, 0.25) is 5.91 Å². The first kappa shape index (κ1) is 24.5. The maximum Gasteiger partial charge on any atom is 0.321 e. The fraction of sp³-hybridized carbons (Fsp3) is 0.704. The van der Waals surface area contributed by atoms with Crippen molar-refractivity contribution in [3.63, 3.8) is 0 Å². The van der Waals surface area contributed by atoms with E-state index in [2.05, 4.69) is 54.2 Å². The topological polar surface area (TPSA) is 87.6 Å². The summed E-state index contributed by atoms with van der Waals surface area (Å²) in [4.78, 5) is 34.3. The maximum atomic E-state index is 13.7. The monoisotopic (exact) mass is 484 g/mol. The standard InChI is InChI=1S/C27H40N4O4/c1-28(2)27(21-9-4-3-5-10-21)13-11-26(12-14-27)19-30(25(35)31(26)15-20-7-6-8-20)18-24(34)29-16-22(32)23(33)17-29/h3-5,9-10,20,22-23,32-33H,6-8,11-19H2,1-2H3/t22-,23-,26-,27+/m0/s1. The van der Waals surface area contributed by atoms with Crippen LogP contribution in [0.5, 0.6) is 0 Å². The van der Waals surface area contributed by atoms with E-state index in [9.17, 15) is 19.8 Å². The number of aliphatic hydroxyl groups excluding tert-OH is 2. The quantitative estimate of drug-likeness (QED) is 0.644. The number of nitrogens with zero attached hydrogens (tertiary/aromatic N) is 4. The second-order valence-electron chi connectivity index (χ2n) is 11.5. The zero-order chi connectivity index (χ0) is 24.8. The number of β-amino-alcohol motifs (C(OH)–C–C–N with tert-alkyl or cyclic N) is 2. The molecule has 8 nitrogen and oxygen atoms in total. The number of likely N-dealkylation sites (tertiary alicyclic amines) is 1. The van der Waals surface area contributed by atoms with Crippen LogP contribution in [-0.2, 0) is 10.3 Å². The van der Waals surface area contributed by atoms with E-state index in [1.165, 1.54) is 29.7 Å². The van der Waals surface area contributed by atoms with Crippen LogP contribution in [0.25, 0.3) is 0 Å². The fourth-order valence-corrected chi connectivity index (χ4v) is 6.75. The van der Waals surface area contributed by atoms with Crippen molar-refractivity contribution >= 4 is 11.9 Å². The Morgan fingerprint density at radius 3 is 2.20 bits per heavy atom. The summed E-state index contributed by atoms with van der Waals surface area (Å²) >= 11 is 0. The predicted octanol–water partition coefficient (Wildman–Crippen LogP) is 1.86. The summed E-state index contributed by atoms with van der Waals surface area (Å²) in [5, 5.41) is 19.7. The van der Waals surface area contributed by atoms with E-state index in [0.29, 0.717) is 12.5 Å². The minimum atomic E-state index is -0.912. The molecule has 192 valence electrons. The second kappa shape index (κ2) is 9.37. The molecule has 35 heavy (non-hydrogen) atoms. The van der Waals surface area contributed by atoms with Crippen molar-refractivity contribution in [2.75, 3.05) is 46.8 Å². The lowest BCUT2D eigenvalue weighted by atomic mass is 9.68. The first-order valence-corrected chi connectivity index (χ1v) is 13.2. The number of carbonyl (C=O) groups excluding carboxylic acids is 2. The lowest BCUT2D eigenvalue weighted by molar-refractivity contribution is -0.131. The number of hydrogen-bond acceptors (Lipinski definition) is 5. The van der Waals surface area contributed by atoms with E-state index in [1.54, 1.807) is 4.90 Å². The van der Waals surface area contributed by atoms with Gasteiger partial charge >= 0.3 is 6.03 Å². The molecule has 3 amide bonds. The molecule has 5 rings (SSSR count). The molecule has 4 aliphatic rings. The second-order valence-corrected chi connectivity index (χ2v) is 11.5.